The molecule has 1 N–H and O–H groups in total. The Morgan fingerprint density at radius 3 is 2.78 bits per heavy atom. The molecular weight excluding hydrogens is 431 g/mol. The van der Waals surface area contributed by atoms with Gasteiger partial charge in [0.1, 0.15) is 16.5 Å². The minimum Gasteiger partial charge on any atom is -0.378 e. The van der Waals surface area contributed by atoms with E-state index in [0.29, 0.717) is 64.9 Å². The van der Waals surface area contributed by atoms with Crippen LogP contribution in [0.25, 0.3) is 10.2 Å². The Kier molecular flexibility index (Phi) is 5.69. The standard InChI is InChI=1S/C23H25FN4O3S/c1-14-19-22(26-18-5-3-2-4-8-28(18)23(19)30)32-20(14)21(29)25-15-6-7-17(16(24)13-15)27-9-11-31-12-10-27/h6-7,13H,2-5,8-12H2,1H3,(H,25,29). The van der Waals surface area contributed by atoms with E-state index in [9.17, 15) is 14.0 Å². The first kappa shape index (κ1) is 21.1. The maximum absolute atomic E-state index is 14.7. The first-order valence-electron chi connectivity index (χ1n) is 11.0. The van der Waals surface area contributed by atoms with Gasteiger partial charge in [0, 0.05) is 31.7 Å². The lowest BCUT2D eigenvalue weighted by atomic mass is 10.2. The van der Waals surface area contributed by atoms with Crippen LogP contribution in [0.3, 0.4) is 0 Å². The molecule has 1 amide bonds. The molecule has 2 aliphatic rings. The fraction of sp³-hybridized carbons (Fsp3) is 0.435. The van der Waals surface area contributed by atoms with Gasteiger partial charge in [-0.2, -0.15) is 0 Å². The Balaban J connectivity index is 1.43. The molecule has 32 heavy (non-hydrogen) atoms. The normalized spacial score (nSPS) is 16.6. The molecule has 2 aromatic heterocycles. The van der Waals surface area contributed by atoms with Crippen LogP contribution in [0.2, 0.25) is 0 Å². The molecule has 0 unspecified atom stereocenters. The Morgan fingerprint density at radius 1 is 1.19 bits per heavy atom. The van der Waals surface area contributed by atoms with E-state index in [1.54, 1.807) is 23.6 Å². The van der Waals surface area contributed by atoms with Crippen molar-refractivity contribution < 1.29 is 13.9 Å². The number of ether oxygens (including phenoxy) is 1. The molecule has 0 bridgehead atoms. The van der Waals surface area contributed by atoms with Gasteiger partial charge in [0.2, 0.25) is 0 Å². The lowest BCUT2D eigenvalue weighted by molar-refractivity contribution is 0.103. The number of halogens is 1. The summed E-state index contributed by atoms with van der Waals surface area (Å²) in [5, 5.41) is 3.30. The van der Waals surface area contributed by atoms with Crippen molar-refractivity contribution >= 4 is 38.8 Å². The summed E-state index contributed by atoms with van der Waals surface area (Å²) in [6.45, 7) is 4.86. The zero-order valence-electron chi connectivity index (χ0n) is 17.9. The van der Waals surface area contributed by atoms with Crippen molar-refractivity contribution in [3.8, 4) is 0 Å². The topological polar surface area (TPSA) is 76.5 Å². The minimum atomic E-state index is -0.388. The number of thiophene rings is 1. The fourth-order valence-electron chi connectivity index (χ4n) is 4.46. The van der Waals surface area contributed by atoms with Crippen LogP contribution in [0.15, 0.2) is 23.0 Å². The van der Waals surface area contributed by atoms with Gasteiger partial charge in [-0.15, -0.1) is 11.3 Å². The van der Waals surface area contributed by atoms with E-state index in [2.05, 4.69) is 5.32 Å². The maximum Gasteiger partial charge on any atom is 0.266 e. The van der Waals surface area contributed by atoms with Crippen molar-refractivity contribution in [2.75, 3.05) is 36.5 Å². The Bertz CT molecular complexity index is 1250. The molecule has 4 heterocycles. The predicted molar refractivity (Wildman–Crippen MR) is 124 cm³/mol. The number of amides is 1. The second-order valence-electron chi connectivity index (χ2n) is 8.25. The van der Waals surface area contributed by atoms with Crippen LogP contribution in [0.1, 0.15) is 40.3 Å². The van der Waals surface area contributed by atoms with Gasteiger partial charge in [-0.3, -0.25) is 14.2 Å². The largest absolute Gasteiger partial charge is 0.378 e. The predicted octanol–water partition coefficient (Wildman–Crippen LogP) is 3.72. The highest BCUT2D eigenvalue weighted by Crippen LogP contribution is 2.30. The quantitative estimate of drug-likeness (QED) is 0.650. The number of aromatic nitrogens is 2. The van der Waals surface area contributed by atoms with Crippen LogP contribution in [0, 0.1) is 12.7 Å². The van der Waals surface area contributed by atoms with Crippen LogP contribution in [-0.2, 0) is 17.7 Å². The molecule has 0 atom stereocenters. The van der Waals surface area contributed by atoms with Crippen LogP contribution in [0.5, 0.6) is 0 Å². The van der Waals surface area contributed by atoms with Gasteiger partial charge < -0.3 is 15.0 Å². The van der Waals surface area contributed by atoms with Gasteiger partial charge in [-0.05, 0) is 43.5 Å². The smallest absolute Gasteiger partial charge is 0.266 e. The van der Waals surface area contributed by atoms with Crippen LogP contribution in [0.4, 0.5) is 15.8 Å². The Hall–Kier alpha value is -2.78. The first-order valence-corrected chi connectivity index (χ1v) is 11.8. The Labute approximate surface area is 188 Å². The third-order valence-electron chi connectivity index (χ3n) is 6.18. The molecular formula is C23H25FN4O3S. The first-order chi connectivity index (χ1) is 15.5. The van der Waals surface area contributed by atoms with Crippen molar-refractivity contribution in [3.63, 3.8) is 0 Å². The number of carbonyl (C=O) groups excluding carboxylic acids is 1. The average Bonchev–Trinajstić information content (AvgIpc) is 2.95. The van der Waals surface area contributed by atoms with E-state index in [0.717, 1.165) is 31.5 Å². The van der Waals surface area contributed by atoms with Crippen LogP contribution < -0.4 is 15.8 Å². The van der Waals surface area contributed by atoms with Gasteiger partial charge in [0.05, 0.1) is 29.2 Å². The number of nitrogens with zero attached hydrogens (tertiary/aromatic N) is 3. The van der Waals surface area contributed by atoms with Crippen molar-refractivity contribution in [1.82, 2.24) is 9.55 Å². The van der Waals surface area contributed by atoms with Crippen molar-refractivity contribution in [1.29, 1.82) is 0 Å². The van der Waals surface area contributed by atoms with E-state index in [1.165, 1.54) is 17.4 Å². The SMILES string of the molecule is Cc1c(C(=O)Nc2ccc(N3CCOCC3)c(F)c2)sc2nc3n(c(=O)c12)CCCCC3. The Morgan fingerprint density at radius 2 is 2.00 bits per heavy atom. The second kappa shape index (κ2) is 8.63. The van der Waals surface area contributed by atoms with E-state index in [1.807, 2.05) is 4.90 Å². The molecule has 168 valence electrons. The van der Waals surface area contributed by atoms with Gasteiger partial charge in [-0.1, -0.05) is 6.42 Å². The van der Waals surface area contributed by atoms with Crippen LogP contribution >= 0.6 is 11.3 Å². The van der Waals surface area contributed by atoms with Gasteiger partial charge >= 0.3 is 0 Å². The fourth-order valence-corrected chi connectivity index (χ4v) is 5.55. The minimum absolute atomic E-state index is 0.0689. The van der Waals surface area contributed by atoms with Crippen molar-refractivity contribution in [2.24, 2.45) is 0 Å². The molecule has 0 radical (unpaired) electrons. The molecule has 1 saturated heterocycles. The number of rotatable bonds is 3. The highest BCUT2D eigenvalue weighted by Gasteiger charge is 2.23. The van der Waals surface area contributed by atoms with Crippen molar-refractivity contribution in [3.05, 3.63) is 50.6 Å². The summed E-state index contributed by atoms with van der Waals surface area (Å²) in [5.41, 5.74) is 1.44. The molecule has 5 rings (SSSR count). The van der Waals surface area contributed by atoms with E-state index in [-0.39, 0.29) is 17.3 Å². The average molecular weight is 457 g/mol. The summed E-state index contributed by atoms with van der Waals surface area (Å²) in [4.78, 5) is 33.8. The molecule has 9 heteroatoms. The number of hydrogen-bond donors (Lipinski definition) is 1. The van der Waals surface area contributed by atoms with Crippen molar-refractivity contribution in [2.45, 2.75) is 39.2 Å². The number of benzene rings is 1. The molecule has 1 aromatic carbocycles. The van der Waals surface area contributed by atoms with Gasteiger partial charge in [-0.25, -0.2) is 9.37 Å². The highest BCUT2D eigenvalue weighted by molar-refractivity contribution is 7.20. The monoisotopic (exact) mass is 456 g/mol. The highest BCUT2D eigenvalue weighted by atomic mass is 32.1. The molecule has 0 saturated carbocycles. The maximum atomic E-state index is 14.7. The number of morpholine rings is 1. The zero-order valence-corrected chi connectivity index (χ0v) is 18.8. The van der Waals surface area contributed by atoms with Gasteiger partial charge in [0.25, 0.3) is 11.5 Å². The lowest BCUT2D eigenvalue weighted by Gasteiger charge is -2.29. The zero-order chi connectivity index (χ0) is 22.2. The summed E-state index contributed by atoms with van der Waals surface area (Å²) in [7, 11) is 0. The van der Waals surface area contributed by atoms with Crippen LogP contribution in [-0.4, -0.2) is 41.8 Å². The number of fused-ring (bicyclic) bond motifs is 2. The number of nitrogens with one attached hydrogen (secondary N) is 1. The summed E-state index contributed by atoms with van der Waals surface area (Å²) in [5.74, 6) is 0.0546. The number of anilines is 2. The summed E-state index contributed by atoms with van der Waals surface area (Å²) < 4.78 is 21.8. The number of aryl methyl sites for hydroxylation is 2. The third-order valence-corrected chi connectivity index (χ3v) is 7.36. The lowest BCUT2D eigenvalue weighted by Crippen LogP contribution is -2.36. The molecule has 0 aliphatic carbocycles. The summed E-state index contributed by atoms with van der Waals surface area (Å²) in [6.07, 6.45) is 3.84. The molecule has 7 nitrogen and oxygen atoms in total. The third kappa shape index (κ3) is 3.80. The summed E-state index contributed by atoms with van der Waals surface area (Å²) in [6, 6.07) is 4.71. The molecule has 1 fully saturated rings. The van der Waals surface area contributed by atoms with E-state index >= 15 is 0 Å². The second-order valence-corrected chi connectivity index (χ2v) is 9.25. The van der Waals surface area contributed by atoms with E-state index in [4.69, 9.17) is 9.72 Å². The molecule has 3 aromatic rings. The number of hydrogen-bond acceptors (Lipinski definition) is 6. The summed E-state index contributed by atoms with van der Waals surface area (Å²) >= 11 is 1.22. The number of carbonyl (C=O) groups is 1. The molecule has 2 aliphatic heterocycles. The van der Waals surface area contributed by atoms with Gasteiger partial charge in [0.15, 0.2) is 0 Å². The van der Waals surface area contributed by atoms with E-state index < -0.39 is 0 Å². The molecule has 0 spiro atoms.